The Labute approximate surface area is 188 Å². The summed E-state index contributed by atoms with van der Waals surface area (Å²) in [6.07, 6.45) is 0.573. The fourth-order valence-corrected chi connectivity index (χ4v) is 4.75. The van der Waals surface area contributed by atoms with E-state index < -0.39 is 0 Å². The van der Waals surface area contributed by atoms with Crippen molar-refractivity contribution in [3.8, 4) is 5.75 Å². The molecule has 0 atom stereocenters. The van der Waals surface area contributed by atoms with Crippen molar-refractivity contribution in [3.63, 3.8) is 0 Å². The van der Waals surface area contributed by atoms with Gasteiger partial charge in [-0.3, -0.25) is 9.80 Å². The molecule has 5 rings (SSSR count). The van der Waals surface area contributed by atoms with Crippen LogP contribution in [0.1, 0.15) is 27.8 Å². The first-order valence-corrected chi connectivity index (χ1v) is 11.4. The van der Waals surface area contributed by atoms with Crippen molar-refractivity contribution in [2.24, 2.45) is 0 Å². The number of aryl methyl sites for hydroxylation is 2. The molecule has 0 amide bonds. The lowest BCUT2D eigenvalue weighted by Gasteiger charge is -2.33. The van der Waals surface area contributed by atoms with E-state index in [0.717, 1.165) is 84.9 Å². The summed E-state index contributed by atoms with van der Waals surface area (Å²) in [5.41, 5.74) is 5.28. The van der Waals surface area contributed by atoms with Gasteiger partial charge in [0.15, 0.2) is 0 Å². The molecule has 2 aliphatic heterocycles. The molecule has 0 aliphatic carbocycles. The van der Waals surface area contributed by atoms with Gasteiger partial charge in [0.05, 0.1) is 13.2 Å². The minimum atomic E-state index is -0.259. The zero-order valence-corrected chi connectivity index (χ0v) is 18.9. The molecule has 1 saturated heterocycles. The molecule has 3 aromatic rings. The molecule has 1 aromatic heterocycles. The first-order valence-electron chi connectivity index (χ1n) is 11.4. The van der Waals surface area contributed by atoms with Gasteiger partial charge in [0.25, 0.3) is 0 Å². The van der Waals surface area contributed by atoms with Crippen molar-refractivity contribution in [1.82, 2.24) is 9.80 Å². The summed E-state index contributed by atoms with van der Waals surface area (Å²) < 4.78 is 17.4. The Morgan fingerprint density at radius 3 is 2.50 bits per heavy atom. The van der Waals surface area contributed by atoms with Crippen LogP contribution in [0.5, 0.6) is 5.75 Å². The monoisotopic (exact) mass is 434 g/mol. The molecule has 0 unspecified atom stereocenters. The highest BCUT2D eigenvalue weighted by molar-refractivity contribution is 5.87. The van der Waals surface area contributed by atoms with Gasteiger partial charge in [-0.15, -0.1) is 0 Å². The Hall–Kier alpha value is -2.67. The second-order valence-corrected chi connectivity index (χ2v) is 8.80. The maximum absolute atomic E-state index is 12.8. The number of ether oxygens (including phenoxy) is 2. The highest BCUT2D eigenvalue weighted by Crippen LogP contribution is 2.36. The third-order valence-corrected chi connectivity index (χ3v) is 6.68. The molecule has 6 heteroatoms. The SMILES string of the molecule is Cc1c(Cc2ccccc2)c(=O)oc2c(C)c3c(cc12)CN(CCN1CCOCC1)CO3. The van der Waals surface area contributed by atoms with E-state index in [9.17, 15) is 4.79 Å². The van der Waals surface area contributed by atoms with Crippen LogP contribution < -0.4 is 10.4 Å². The predicted octanol–water partition coefficient (Wildman–Crippen LogP) is 3.48. The number of hydrogen-bond acceptors (Lipinski definition) is 6. The normalized spacial score (nSPS) is 17.3. The number of hydrogen-bond donors (Lipinski definition) is 0. The van der Waals surface area contributed by atoms with Crippen molar-refractivity contribution >= 4 is 11.0 Å². The van der Waals surface area contributed by atoms with Crippen LogP contribution in [0.3, 0.4) is 0 Å². The highest BCUT2D eigenvalue weighted by atomic mass is 16.5. The van der Waals surface area contributed by atoms with Crippen LogP contribution in [0.2, 0.25) is 0 Å². The van der Waals surface area contributed by atoms with Crippen LogP contribution >= 0.6 is 0 Å². The lowest BCUT2D eigenvalue weighted by molar-refractivity contribution is 0.0240. The third-order valence-electron chi connectivity index (χ3n) is 6.68. The van der Waals surface area contributed by atoms with Crippen LogP contribution in [0.4, 0.5) is 0 Å². The van der Waals surface area contributed by atoms with Gasteiger partial charge >= 0.3 is 5.63 Å². The highest BCUT2D eigenvalue weighted by Gasteiger charge is 2.24. The summed E-state index contributed by atoms with van der Waals surface area (Å²) in [4.78, 5) is 17.6. The molecule has 32 heavy (non-hydrogen) atoms. The predicted molar refractivity (Wildman–Crippen MR) is 124 cm³/mol. The van der Waals surface area contributed by atoms with Gasteiger partial charge in [0.2, 0.25) is 0 Å². The van der Waals surface area contributed by atoms with Crippen molar-refractivity contribution < 1.29 is 13.9 Å². The first kappa shape index (κ1) is 21.2. The molecule has 2 aliphatic rings. The fourth-order valence-electron chi connectivity index (χ4n) is 4.75. The summed E-state index contributed by atoms with van der Waals surface area (Å²) in [5.74, 6) is 0.860. The molecule has 6 nitrogen and oxygen atoms in total. The Morgan fingerprint density at radius 2 is 1.72 bits per heavy atom. The minimum Gasteiger partial charge on any atom is -0.477 e. The average molecular weight is 435 g/mol. The lowest BCUT2D eigenvalue weighted by Crippen LogP contribution is -2.43. The molecule has 168 valence electrons. The first-order chi connectivity index (χ1) is 15.6. The minimum absolute atomic E-state index is 0.259. The van der Waals surface area contributed by atoms with E-state index >= 15 is 0 Å². The largest absolute Gasteiger partial charge is 0.477 e. The molecule has 1 fully saturated rings. The molecular formula is C26H30N2O4. The smallest absolute Gasteiger partial charge is 0.340 e. The van der Waals surface area contributed by atoms with E-state index in [2.05, 4.69) is 15.9 Å². The van der Waals surface area contributed by atoms with Gasteiger partial charge in [0, 0.05) is 61.2 Å². The third kappa shape index (κ3) is 4.18. The van der Waals surface area contributed by atoms with Crippen LogP contribution in [-0.4, -0.2) is 55.9 Å². The summed E-state index contributed by atoms with van der Waals surface area (Å²) in [6, 6.07) is 12.2. The second-order valence-electron chi connectivity index (χ2n) is 8.80. The second kappa shape index (κ2) is 9.06. The standard InChI is InChI=1S/C26H30N2O4/c1-18-22-15-21-16-28(9-8-27-10-12-30-13-11-27)17-31-24(21)19(2)25(22)32-26(29)23(18)14-20-6-4-3-5-7-20/h3-7,15H,8-14,16-17H2,1-2H3. The fraction of sp³-hybridized carbons (Fsp3) is 0.423. The molecule has 0 spiro atoms. The maximum Gasteiger partial charge on any atom is 0.340 e. The van der Waals surface area contributed by atoms with E-state index in [1.165, 1.54) is 0 Å². The maximum atomic E-state index is 12.8. The van der Waals surface area contributed by atoms with Crippen molar-refractivity contribution in [2.75, 3.05) is 46.1 Å². The van der Waals surface area contributed by atoms with Gasteiger partial charge in [-0.05, 0) is 31.0 Å². The Bertz CT molecular complexity index is 1170. The molecule has 0 bridgehead atoms. The molecular weight excluding hydrogens is 404 g/mol. The zero-order chi connectivity index (χ0) is 22.1. The number of morpholine rings is 1. The molecule has 0 saturated carbocycles. The van der Waals surface area contributed by atoms with Crippen LogP contribution in [0.15, 0.2) is 45.6 Å². The van der Waals surface area contributed by atoms with E-state index in [1.54, 1.807) is 0 Å². The molecule has 0 N–H and O–H groups in total. The van der Waals surface area contributed by atoms with Gasteiger partial charge < -0.3 is 13.9 Å². The summed E-state index contributed by atoms with van der Waals surface area (Å²) in [5, 5.41) is 1.01. The number of rotatable bonds is 5. The number of fused-ring (bicyclic) bond motifs is 2. The van der Waals surface area contributed by atoms with Crippen LogP contribution in [0.25, 0.3) is 11.0 Å². The summed E-state index contributed by atoms with van der Waals surface area (Å²) in [6.45, 7) is 11.0. The molecule has 3 heterocycles. The van der Waals surface area contributed by atoms with Gasteiger partial charge in [-0.25, -0.2) is 4.79 Å². The topological polar surface area (TPSA) is 55.2 Å². The quantitative estimate of drug-likeness (QED) is 0.573. The number of benzene rings is 2. The van der Waals surface area contributed by atoms with E-state index in [-0.39, 0.29) is 5.63 Å². The van der Waals surface area contributed by atoms with Gasteiger partial charge in [-0.1, -0.05) is 30.3 Å². The van der Waals surface area contributed by atoms with Gasteiger partial charge in [0.1, 0.15) is 18.1 Å². The molecule has 0 radical (unpaired) electrons. The van der Waals surface area contributed by atoms with E-state index in [0.29, 0.717) is 18.7 Å². The Balaban J connectivity index is 1.43. The Kier molecular flexibility index (Phi) is 6.00. The van der Waals surface area contributed by atoms with E-state index in [4.69, 9.17) is 13.9 Å². The van der Waals surface area contributed by atoms with Crippen molar-refractivity contribution in [3.05, 3.63) is 74.6 Å². The van der Waals surface area contributed by atoms with Crippen molar-refractivity contribution in [1.29, 1.82) is 0 Å². The van der Waals surface area contributed by atoms with Crippen molar-refractivity contribution in [2.45, 2.75) is 26.8 Å². The van der Waals surface area contributed by atoms with Crippen LogP contribution in [0, 0.1) is 13.8 Å². The lowest BCUT2D eigenvalue weighted by atomic mass is 9.96. The van der Waals surface area contributed by atoms with Crippen LogP contribution in [-0.2, 0) is 17.7 Å². The average Bonchev–Trinajstić information content (AvgIpc) is 2.83. The van der Waals surface area contributed by atoms with E-state index in [1.807, 2.05) is 44.2 Å². The molecule has 2 aromatic carbocycles. The number of nitrogens with zero attached hydrogens (tertiary/aromatic N) is 2. The summed E-state index contributed by atoms with van der Waals surface area (Å²) in [7, 11) is 0. The Morgan fingerprint density at radius 1 is 0.969 bits per heavy atom. The zero-order valence-electron chi connectivity index (χ0n) is 18.9. The summed E-state index contributed by atoms with van der Waals surface area (Å²) >= 11 is 0. The van der Waals surface area contributed by atoms with Gasteiger partial charge in [-0.2, -0.15) is 0 Å².